The Morgan fingerprint density at radius 2 is 2.11 bits per heavy atom. The number of carbonyl (C=O) groups is 1. The summed E-state index contributed by atoms with van der Waals surface area (Å²) >= 11 is 1.83. The van der Waals surface area contributed by atoms with Crippen molar-refractivity contribution in [1.82, 2.24) is 9.97 Å². The molecule has 0 aromatic carbocycles. The van der Waals surface area contributed by atoms with Crippen LogP contribution < -0.4 is 5.32 Å². The van der Waals surface area contributed by atoms with Gasteiger partial charge in [0.25, 0.3) is 0 Å². The van der Waals surface area contributed by atoms with Crippen molar-refractivity contribution in [2.45, 2.75) is 37.0 Å². The van der Waals surface area contributed by atoms with Gasteiger partial charge in [-0.15, -0.1) is 0 Å². The first-order valence-electron chi connectivity index (χ1n) is 6.06. The van der Waals surface area contributed by atoms with Crippen LogP contribution >= 0.6 is 11.8 Å². The van der Waals surface area contributed by atoms with E-state index in [1.165, 1.54) is 31.7 Å². The third-order valence-corrected chi connectivity index (χ3v) is 4.40. The Bertz CT molecular complexity index is 428. The van der Waals surface area contributed by atoms with Crippen LogP contribution in [0.25, 0.3) is 0 Å². The highest BCUT2D eigenvalue weighted by atomic mass is 32.2. The molecule has 1 fully saturated rings. The molecule has 1 aliphatic carbocycles. The zero-order valence-corrected chi connectivity index (χ0v) is 11.1. The fourth-order valence-electron chi connectivity index (χ4n) is 2.32. The van der Waals surface area contributed by atoms with Crippen molar-refractivity contribution >= 4 is 23.5 Å². The van der Waals surface area contributed by atoms with Crippen LogP contribution in [0.5, 0.6) is 0 Å². The molecule has 5 nitrogen and oxygen atoms in total. The summed E-state index contributed by atoms with van der Waals surface area (Å²) in [6.07, 6.45) is 9.67. The van der Waals surface area contributed by atoms with Gasteiger partial charge in [-0.25, -0.2) is 14.8 Å². The van der Waals surface area contributed by atoms with Gasteiger partial charge in [-0.2, -0.15) is 11.8 Å². The average Bonchev–Trinajstić information content (AvgIpc) is 2.40. The summed E-state index contributed by atoms with van der Waals surface area (Å²) in [5.41, 5.74) is 0.00271. The van der Waals surface area contributed by atoms with Crippen molar-refractivity contribution in [3.8, 4) is 0 Å². The topological polar surface area (TPSA) is 75.1 Å². The van der Waals surface area contributed by atoms with Crippen LogP contribution in [0.4, 0.5) is 5.82 Å². The number of carboxylic acid groups (broad SMARTS) is 1. The summed E-state index contributed by atoms with van der Waals surface area (Å²) in [5.74, 6) is -0.655. The van der Waals surface area contributed by atoms with Crippen LogP contribution in [-0.2, 0) is 0 Å². The second kappa shape index (κ2) is 6.04. The molecule has 0 spiro atoms. The quantitative estimate of drug-likeness (QED) is 0.871. The number of nitrogens with zero attached hydrogens (tertiary/aromatic N) is 2. The molecule has 1 aliphatic rings. The van der Waals surface area contributed by atoms with Crippen molar-refractivity contribution in [2.75, 3.05) is 11.6 Å². The Balaban J connectivity index is 2.15. The highest BCUT2D eigenvalue weighted by Gasteiger charge is 2.26. The number of nitrogens with one attached hydrogen (secondary N) is 1. The second-order valence-corrected chi connectivity index (χ2v) is 5.45. The van der Waals surface area contributed by atoms with Crippen LogP contribution in [0.1, 0.15) is 36.2 Å². The van der Waals surface area contributed by atoms with Crippen molar-refractivity contribution in [3.05, 3.63) is 18.1 Å². The molecule has 0 saturated heterocycles. The summed E-state index contributed by atoms with van der Waals surface area (Å²) in [6.45, 7) is 0. The van der Waals surface area contributed by atoms with E-state index < -0.39 is 5.97 Å². The molecule has 1 saturated carbocycles. The van der Waals surface area contributed by atoms with E-state index in [0.29, 0.717) is 11.1 Å². The van der Waals surface area contributed by atoms with Gasteiger partial charge >= 0.3 is 5.97 Å². The number of hydrogen-bond acceptors (Lipinski definition) is 5. The van der Waals surface area contributed by atoms with E-state index >= 15 is 0 Å². The lowest BCUT2D eigenvalue weighted by Crippen LogP contribution is -2.35. The predicted octanol–water partition coefficient (Wildman–Crippen LogP) is 2.26. The molecular formula is C12H17N3O2S. The molecule has 6 heteroatoms. The number of hydrogen-bond donors (Lipinski definition) is 2. The molecule has 98 valence electrons. The highest BCUT2D eigenvalue weighted by Crippen LogP contribution is 2.29. The maximum absolute atomic E-state index is 11.1. The molecule has 2 atom stereocenters. The highest BCUT2D eigenvalue weighted by molar-refractivity contribution is 7.99. The van der Waals surface area contributed by atoms with Crippen LogP contribution in [0.3, 0.4) is 0 Å². The number of aromatic carboxylic acids is 1. The van der Waals surface area contributed by atoms with Gasteiger partial charge in [-0.05, 0) is 19.1 Å². The van der Waals surface area contributed by atoms with Crippen molar-refractivity contribution in [1.29, 1.82) is 0 Å². The maximum atomic E-state index is 11.1. The maximum Gasteiger partial charge on any atom is 0.358 e. The molecule has 18 heavy (non-hydrogen) atoms. The predicted molar refractivity (Wildman–Crippen MR) is 72.2 cm³/mol. The molecule has 0 aliphatic heterocycles. The van der Waals surface area contributed by atoms with E-state index in [9.17, 15) is 4.79 Å². The normalized spacial score (nSPS) is 23.6. The average molecular weight is 267 g/mol. The van der Waals surface area contributed by atoms with Crippen LogP contribution in [0.15, 0.2) is 12.4 Å². The van der Waals surface area contributed by atoms with Crippen LogP contribution in [0.2, 0.25) is 0 Å². The Labute approximate surface area is 110 Å². The first kappa shape index (κ1) is 13.1. The minimum absolute atomic E-state index is 0.00271. The first-order chi connectivity index (χ1) is 8.72. The number of aromatic nitrogens is 2. The van der Waals surface area contributed by atoms with E-state index in [1.807, 2.05) is 11.8 Å². The Morgan fingerprint density at radius 3 is 2.83 bits per heavy atom. The third-order valence-electron chi connectivity index (χ3n) is 3.23. The van der Waals surface area contributed by atoms with E-state index in [0.717, 1.165) is 6.42 Å². The minimum Gasteiger partial charge on any atom is -0.476 e. The van der Waals surface area contributed by atoms with E-state index in [1.54, 1.807) is 0 Å². The van der Waals surface area contributed by atoms with Crippen LogP contribution in [0, 0.1) is 0 Å². The van der Waals surface area contributed by atoms with Gasteiger partial charge in [-0.1, -0.05) is 12.8 Å². The standard InChI is InChI=1S/C12H17N3O2S/c1-18-9-5-3-2-4-8(9)15-11-10(12(16)17)13-6-7-14-11/h6-9H,2-5H2,1H3,(H,14,15)(H,16,17). The third kappa shape index (κ3) is 2.93. The number of rotatable bonds is 4. The molecule has 2 rings (SSSR count). The summed E-state index contributed by atoms with van der Waals surface area (Å²) in [7, 11) is 0. The molecule has 0 radical (unpaired) electrons. The number of carboxylic acids is 1. The summed E-state index contributed by atoms with van der Waals surface area (Å²) in [6, 6.07) is 0.281. The number of thioether (sulfide) groups is 1. The molecule has 0 amide bonds. The smallest absolute Gasteiger partial charge is 0.358 e. The van der Waals surface area contributed by atoms with E-state index in [2.05, 4.69) is 21.5 Å². The zero-order chi connectivity index (χ0) is 13.0. The monoisotopic (exact) mass is 267 g/mol. The SMILES string of the molecule is CSC1CCCCC1Nc1nccnc1C(=O)O. The van der Waals surface area contributed by atoms with Crippen molar-refractivity contribution in [3.63, 3.8) is 0 Å². The molecule has 1 aromatic heterocycles. The summed E-state index contributed by atoms with van der Waals surface area (Å²) in [4.78, 5) is 19.0. The van der Waals surface area contributed by atoms with Crippen LogP contribution in [-0.4, -0.2) is 38.6 Å². The lowest BCUT2D eigenvalue weighted by atomic mass is 9.95. The number of anilines is 1. The second-order valence-electron chi connectivity index (χ2n) is 4.37. The fourth-order valence-corrected chi connectivity index (χ4v) is 3.25. The fraction of sp³-hybridized carbons (Fsp3) is 0.583. The van der Waals surface area contributed by atoms with Gasteiger partial charge in [-0.3, -0.25) is 0 Å². The summed E-state index contributed by atoms with van der Waals surface area (Å²) < 4.78 is 0. The molecule has 2 unspecified atom stereocenters. The lowest BCUT2D eigenvalue weighted by Gasteiger charge is -2.31. The van der Waals surface area contributed by atoms with Gasteiger partial charge < -0.3 is 10.4 Å². The lowest BCUT2D eigenvalue weighted by molar-refractivity contribution is 0.0691. The largest absolute Gasteiger partial charge is 0.476 e. The van der Waals surface area contributed by atoms with Gasteiger partial charge in [0.2, 0.25) is 0 Å². The Morgan fingerprint density at radius 1 is 1.39 bits per heavy atom. The Hall–Kier alpha value is -1.30. The molecule has 1 aromatic rings. The summed E-state index contributed by atoms with van der Waals surface area (Å²) in [5, 5.41) is 12.8. The van der Waals surface area contributed by atoms with Crippen molar-refractivity contribution in [2.24, 2.45) is 0 Å². The zero-order valence-electron chi connectivity index (χ0n) is 10.3. The van der Waals surface area contributed by atoms with Gasteiger partial charge in [0.05, 0.1) is 0 Å². The van der Waals surface area contributed by atoms with Gasteiger partial charge in [0.15, 0.2) is 11.5 Å². The molecular weight excluding hydrogens is 250 g/mol. The molecule has 2 N–H and O–H groups in total. The van der Waals surface area contributed by atoms with Gasteiger partial charge in [0.1, 0.15) is 0 Å². The van der Waals surface area contributed by atoms with E-state index in [-0.39, 0.29) is 11.7 Å². The van der Waals surface area contributed by atoms with E-state index in [4.69, 9.17) is 5.11 Å². The van der Waals surface area contributed by atoms with Crippen molar-refractivity contribution < 1.29 is 9.90 Å². The first-order valence-corrected chi connectivity index (χ1v) is 7.35. The van der Waals surface area contributed by atoms with Gasteiger partial charge in [0, 0.05) is 23.7 Å². The molecule has 0 bridgehead atoms. The minimum atomic E-state index is -1.04. The Kier molecular flexibility index (Phi) is 4.41. The molecule has 1 heterocycles.